The van der Waals surface area contributed by atoms with Gasteiger partial charge in [0.15, 0.2) is 6.10 Å². The molecule has 0 spiro atoms. The van der Waals surface area contributed by atoms with Crippen molar-refractivity contribution < 1.29 is 68.2 Å². The highest BCUT2D eigenvalue weighted by Gasteiger charge is 2.51. The average Bonchev–Trinajstić information content (AvgIpc) is 3.25. The molecule has 7 N–H and O–H groups in total. The van der Waals surface area contributed by atoms with Gasteiger partial charge in [-0.3, -0.25) is 18.6 Å². The Morgan fingerprint density at radius 3 is 1.68 bits per heavy atom. The van der Waals surface area contributed by atoms with Crippen LogP contribution in [0.5, 0.6) is 0 Å². The molecule has 360 valence electrons. The van der Waals surface area contributed by atoms with E-state index in [4.69, 9.17) is 18.5 Å². The lowest BCUT2D eigenvalue weighted by Gasteiger charge is -2.41. The summed E-state index contributed by atoms with van der Waals surface area (Å²) in [6.45, 7) is 3.15. The second-order valence-corrected chi connectivity index (χ2v) is 17.9. The molecule has 1 aliphatic carbocycles. The highest BCUT2D eigenvalue weighted by Crippen LogP contribution is 2.47. The minimum absolute atomic E-state index is 0.0106. The molecule has 7 atom stereocenters. The van der Waals surface area contributed by atoms with Gasteiger partial charge in [0, 0.05) is 12.8 Å². The number of rotatable bonds is 38. The van der Waals surface area contributed by atoms with E-state index in [1.807, 2.05) is 36.5 Å². The number of ether oxygens (including phenoxy) is 2. The van der Waals surface area contributed by atoms with Crippen molar-refractivity contribution in [3.63, 3.8) is 0 Å². The van der Waals surface area contributed by atoms with Crippen LogP contribution < -0.4 is 0 Å². The molecule has 1 saturated carbocycles. The first-order chi connectivity index (χ1) is 29.8. The molecule has 0 radical (unpaired) electrons. The Hall–Kier alpha value is -2.23. The van der Waals surface area contributed by atoms with E-state index in [1.54, 1.807) is 6.08 Å². The highest BCUT2D eigenvalue weighted by molar-refractivity contribution is 7.47. The average molecular weight is 903 g/mol. The Labute approximate surface area is 372 Å². The Kier molecular flexibility index (Phi) is 34.5. The van der Waals surface area contributed by atoms with Gasteiger partial charge in [0.2, 0.25) is 0 Å². The normalized spacial score (nSPS) is 22.8. The molecule has 0 aromatic heterocycles. The molecule has 0 heterocycles. The molecule has 0 aromatic rings. The second kappa shape index (κ2) is 37.0. The molecule has 0 amide bonds. The number of phosphoric acid groups is 1. The van der Waals surface area contributed by atoms with Crippen molar-refractivity contribution in [3.05, 3.63) is 48.6 Å². The molecule has 15 heteroatoms. The van der Waals surface area contributed by atoms with Crippen molar-refractivity contribution in [2.24, 2.45) is 0 Å². The molecule has 0 aliphatic heterocycles. The van der Waals surface area contributed by atoms with Crippen molar-refractivity contribution in [2.45, 2.75) is 223 Å². The summed E-state index contributed by atoms with van der Waals surface area (Å²) in [6, 6.07) is 0. The standard InChI is InChI=1S/C47H83O14P/c1-3-5-7-9-11-12-13-14-15-16-17-18-22-26-30-34-40(49)58-36-39(37-59-62(56,57)61-47-45(54)43(52)42(51)44(53)46(47)55)60-41(50)35-31-27-23-20-19-21-25-29-33-38(48)32-28-24-10-8-6-4-2/h20-21,23-25,28-29,33,38-39,42-48,51-55H,3-19,22,26-27,30-32,34-37H2,1-2H3,(H,56,57). The fraction of sp³-hybridized carbons (Fsp3) is 0.787. The lowest BCUT2D eigenvalue weighted by atomic mass is 9.85. The number of aliphatic hydroxyl groups is 6. The Balaban J connectivity index is 2.53. The summed E-state index contributed by atoms with van der Waals surface area (Å²) < 4.78 is 33.4. The van der Waals surface area contributed by atoms with Crippen LogP contribution in [0.15, 0.2) is 48.6 Å². The van der Waals surface area contributed by atoms with Crippen LogP contribution in [0.3, 0.4) is 0 Å². The minimum Gasteiger partial charge on any atom is -0.462 e. The first-order valence-corrected chi connectivity index (χ1v) is 25.0. The van der Waals surface area contributed by atoms with Gasteiger partial charge in [0.1, 0.15) is 43.2 Å². The van der Waals surface area contributed by atoms with Crippen LogP contribution in [0.4, 0.5) is 0 Å². The molecule has 1 aliphatic rings. The number of hydrogen-bond acceptors (Lipinski definition) is 13. The third-order valence-electron chi connectivity index (χ3n) is 10.8. The van der Waals surface area contributed by atoms with Crippen LogP contribution >= 0.6 is 7.82 Å². The van der Waals surface area contributed by atoms with Gasteiger partial charge >= 0.3 is 19.8 Å². The number of hydrogen-bond donors (Lipinski definition) is 7. The van der Waals surface area contributed by atoms with Gasteiger partial charge in [0.25, 0.3) is 0 Å². The van der Waals surface area contributed by atoms with Crippen LogP contribution in [-0.4, -0.2) is 110 Å². The SMILES string of the molecule is CCCCCC=CCC(O)C=CC=CCC=CCCCC(=O)OC(COC(=O)CCCCCCCCCCCCCCCCC)COP(=O)(O)OC1C(O)C(O)C(O)C(O)C1O. The van der Waals surface area contributed by atoms with Crippen LogP contribution in [-0.2, 0) is 32.7 Å². The maximum atomic E-state index is 12.8. The monoisotopic (exact) mass is 903 g/mol. The van der Waals surface area contributed by atoms with E-state index in [0.29, 0.717) is 32.1 Å². The molecule has 0 saturated heterocycles. The van der Waals surface area contributed by atoms with E-state index < -0.39 is 81.8 Å². The first-order valence-electron chi connectivity index (χ1n) is 23.5. The lowest BCUT2D eigenvalue weighted by Crippen LogP contribution is -2.64. The molecule has 62 heavy (non-hydrogen) atoms. The van der Waals surface area contributed by atoms with Crippen molar-refractivity contribution in [3.8, 4) is 0 Å². The van der Waals surface area contributed by atoms with Gasteiger partial charge in [-0.2, -0.15) is 0 Å². The summed E-state index contributed by atoms with van der Waals surface area (Å²) in [5, 5.41) is 60.2. The van der Waals surface area contributed by atoms with E-state index in [9.17, 15) is 49.7 Å². The molecule has 1 fully saturated rings. The number of aliphatic hydroxyl groups excluding tert-OH is 6. The van der Waals surface area contributed by atoms with Gasteiger partial charge in [-0.25, -0.2) is 4.57 Å². The van der Waals surface area contributed by atoms with Crippen molar-refractivity contribution in [2.75, 3.05) is 13.2 Å². The number of carbonyl (C=O) groups excluding carboxylic acids is 2. The predicted molar refractivity (Wildman–Crippen MR) is 241 cm³/mol. The zero-order chi connectivity index (χ0) is 45.9. The number of carbonyl (C=O) groups is 2. The van der Waals surface area contributed by atoms with Crippen molar-refractivity contribution in [1.29, 1.82) is 0 Å². The first kappa shape index (κ1) is 57.8. The molecule has 14 nitrogen and oxygen atoms in total. The summed E-state index contributed by atoms with van der Waals surface area (Å²) >= 11 is 0. The number of allylic oxidation sites excluding steroid dienone is 6. The minimum atomic E-state index is -5.15. The van der Waals surface area contributed by atoms with E-state index >= 15 is 0 Å². The van der Waals surface area contributed by atoms with Crippen molar-refractivity contribution >= 4 is 19.8 Å². The van der Waals surface area contributed by atoms with Crippen LogP contribution in [0, 0.1) is 0 Å². The number of esters is 2. The summed E-state index contributed by atoms with van der Waals surface area (Å²) in [4.78, 5) is 35.7. The summed E-state index contributed by atoms with van der Waals surface area (Å²) in [5.74, 6) is -1.20. The number of unbranched alkanes of at least 4 members (excludes halogenated alkanes) is 18. The Bertz CT molecular complexity index is 1290. The Morgan fingerprint density at radius 2 is 1.08 bits per heavy atom. The molecule has 7 unspecified atom stereocenters. The Morgan fingerprint density at radius 1 is 0.581 bits per heavy atom. The third kappa shape index (κ3) is 29.3. The summed E-state index contributed by atoms with van der Waals surface area (Å²) in [5.41, 5.74) is 0. The van der Waals surface area contributed by atoms with Crippen LogP contribution in [0.2, 0.25) is 0 Å². The zero-order valence-corrected chi connectivity index (χ0v) is 38.7. The van der Waals surface area contributed by atoms with E-state index in [1.165, 1.54) is 83.5 Å². The van der Waals surface area contributed by atoms with Gasteiger partial charge in [-0.15, -0.1) is 0 Å². The van der Waals surface area contributed by atoms with Gasteiger partial charge in [-0.1, -0.05) is 165 Å². The molecular formula is C47H83O14P. The lowest BCUT2D eigenvalue weighted by molar-refractivity contribution is -0.220. The van der Waals surface area contributed by atoms with E-state index in [-0.39, 0.29) is 12.8 Å². The second-order valence-electron chi connectivity index (χ2n) is 16.5. The van der Waals surface area contributed by atoms with Crippen LogP contribution in [0.1, 0.15) is 174 Å². The fourth-order valence-electron chi connectivity index (χ4n) is 6.89. The zero-order valence-electron chi connectivity index (χ0n) is 37.8. The summed E-state index contributed by atoms with van der Waals surface area (Å²) in [7, 11) is -5.15. The van der Waals surface area contributed by atoms with E-state index in [2.05, 4.69) is 19.9 Å². The predicted octanol–water partition coefficient (Wildman–Crippen LogP) is 8.14. The largest absolute Gasteiger partial charge is 0.472 e. The number of phosphoric ester groups is 1. The van der Waals surface area contributed by atoms with Gasteiger partial charge < -0.3 is 45.0 Å². The molecule has 1 rings (SSSR count). The van der Waals surface area contributed by atoms with Crippen molar-refractivity contribution in [1.82, 2.24) is 0 Å². The maximum Gasteiger partial charge on any atom is 0.472 e. The maximum absolute atomic E-state index is 12.8. The smallest absolute Gasteiger partial charge is 0.462 e. The highest BCUT2D eigenvalue weighted by atomic mass is 31.2. The topological polar surface area (TPSA) is 230 Å². The quantitative estimate of drug-likeness (QED) is 0.0102. The van der Waals surface area contributed by atoms with Crippen LogP contribution in [0.25, 0.3) is 0 Å². The fourth-order valence-corrected chi connectivity index (χ4v) is 7.87. The molecular weight excluding hydrogens is 819 g/mol. The molecule has 0 bridgehead atoms. The van der Waals surface area contributed by atoms with Gasteiger partial charge in [-0.05, 0) is 44.9 Å². The third-order valence-corrected chi connectivity index (χ3v) is 11.7. The molecule has 0 aromatic carbocycles. The summed E-state index contributed by atoms with van der Waals surface area (Å²) in [6.07, 6.45) is 26.2. The van der Waals surface area contributed by atoms with E-state index in [0.717, 1.165) is 32.1 Å². The van der Waals surface area contributed by atoms with Gasteiger partial charge in [0.05, 0.1) is 12.7 Å².